The maximum Gasteiger partial charge on any atom is 0.418 e. The Morgan fingerprint density at radius 1 is 1.07 bits per heavy atom. The van der Waals surface area contributed by atoms with Crippen molar-refractivity contribution in [2.24, 2.45) is 0 Å². The molecule has 0 aliphatic heterocycles. The molecule has 144 valence electrons. The summed E-state index contributed by atoms with van der Waals surface area (Å²) in [6.07, 6.45) is -4.12. The third-order valence-corrected chi connectivity index (χ3v) is 4.94. The smallest absolute Gasteiger partial charge is 0.326 e. The van der Waals surface area contributed by atoms with Gasteiger partial charge in [-0.05, 0) is 36.8 Å². The summed E-state index contributed by atoms with van der Waals surface area (Å²) >= 11 is 1.23. The number of amides is 2. The van der Waals surface area contributed by atoms with E-state index in [2.05, 4.69) is 10.6 Å². The number of carbonyl (C=O) groups excluding carboxylic acids is 2. The molecule has 0 heterocycles. The number of rotatable bonds is 6. The summed E-state index contributed by atoms with van der Waals surface area (Å²) in [6, 6.07) is 11.8. The number of hydrogen-bond acceptors (Lipinski definition) is 3. The van der Waals surface area contributed by atoms with Gasteiger partial charge in [-0.15, -0.1) is 11.8 Å². The van der Waals surface area contributed by atoms with Crippen LogP contribution in [0.2, 0.25) is 0 Å². The topological polar surface area (TPSA) is 58.2 Å². The van der Waals surface area contributed by atoms with E-state index in [0.717, 1.165) is 11.0 Å². The van der Waals surface area contributed by atoms with Crippen molar-refractivity contribution in [1.82, 2.24) is 0 Å². The average Bonchev–Trinajstić information content (AvgIpc) is 2.59. The molecule has 2 rings (SSSR count). The van der Waals surface area contributed by atoms with E-state index < -0.39 is 22.9 Å². The molecule has 27 heavy (non-hydrogen) atoms. The van der Waals surface area contributed by atoms with Crippen molar-refractivity contribution in [2.75, 3.05) is 10.6 Å². The monoisotopic (exact) mass is 396 g/mol. The normalized spacial score (nSPS) is 12.3. The summed E-state index contributed by atoms with van der Waals surface area (Å²) in [5, 5.41) is 4.45. The second-order valence-electron chi connectivity index (χ2n) is 5.76. The molecule has 2 aromatic carbocycles. The van der Waals surface area contributed by atoms with Gasteiger partial charge in [-0.3, -0.25) is 9.59 Å². The molecule has 1 unspecified atom stereocenters. The summed E-state index contributed by atoms with van der Waals surface area (Å²) < 4.78 is 39.3. The average molecular weight is 396 g/mol. The predicted molar refractivity (Wildman–Crippen MR) is 101 cm³/mol. The van der Waals surface area contributed by atoms with E-state index in [9.17, 15) is 22.8 Å². The number of carbonyl (C=O) groups is 2. The van der Waals surface area contributed by atoms with Crippen LogP contribution in [0.4, 0.5) is 24.5 Å². The Hall–Kier alpha value is -2.48. The van der Waals surface area contributed by atoms with Crippen LogP contribution in [-0.2, 0) is 15.8 Å². The maximum atomic E-state index is 13.1. The predicted octanol–water partition coefficient (Wildman–Crippen LogP) is 5.17. The first-order valence-electron chi connectivity index (χ1n) is 8.22. The third-order valence-electron chi connectivity index (χ3n) is 3.59. The zero-order chi connectivity index (χ0) is 20.0. The lowest BCUT2D eigenvalue weighted by Crippen LogP contribution is -2.26. The lowest BCUT2D eigenvalue weighted by molar-refractivity contribution is -0.137. The van der Waals surface area contributed by atoms with Crippen molar-refractivity contribution in [1.29, 1.82) is 0 Å². The van der Waals surface area contributed by atoms with Crippen LogP contribution in [0.15, 0.2) is 53.4 Å². The van der Waals surface area contributed by atoms with E-state index in [4.69, 9.17) is 0 Å². The van der Waals surface area contributed by atoms with Crippen molar-refractivity contribution in [3.63, 3.8) is 0 Å². The summed E-state index contributed by atoms with van der Waals surface area (Å²) in [7, 11) is 0. The van der Waals surface area contributed by atoms with E-state index in [-0.39, 0.29) is 11.6 Å². The van der Waals surface area contributed by atoms with E-state index in [1.54, 1.807) is 31.2 Å². The van der Waals surface area contributed by atoms with Gasteiger partial charge in [0.15, 0.2) is 0 Å². The highest BCUT2D eigenvalue weighted by Gasteiger charge is 2.34. The van der Waals surface area contributed by atoms with Gasteiger partial charge in [0.2, 0.25) is 11.8 Å². The molecule has 8 heteroatoms. The van der Waals surface area contributed by atoms with E-state index in [0.29, 0.717) is 12.1 Å². The molecule has 2 aromatic rings. The number of anilines is 2. The molecule has 0 aromatic heterocycles. The van der Waals surface area contributed by atoms with Gasteiger partial charge in [0.1, 0.15) is 0 Å². The molecular formula is C19H19F3N2O2S. The molecule has 2 amide bonds. The van der Waals surface area contributed by atoms with Gasteiger partial charge in [-0.2, -0.15) is 13.2 Å². The van der Waals surface area contributed by atoms with Gasteiger partial charge in [0.05, 0.1) is 16.5 Å². The quantitative estimate of drug-likeness (QED) is 0.662. The summed E-state index contributed by atoms with van der Waals surface area (Å²) in [4.78, 5) is 24.4. The number of benzene rings is 2. The van der Waals surface area contributed by atoms with Crippen LogP contribution >= 0.6 is 11.8 Å². The number of nitrogens with one attached hydrogen (secondary N) is 2. The Labute approximate surface area is 159 Å². The van der Waals surface area contributed by atoms with Crippen molar-refractivity contribution >= 4 is 35.0 Å². The summed E-state index contributed by atoms with van der Waals surface area (Å²) in [6.45, 7) is 3.17. The van der Waals surface area contributed by atoms with E-state index in [1.807, 2.05) is 0 Å². The molecule has 0 radical (unpaired) electrons. The lowest BCUT2D eigenvalue weighted by Gasteiger charge is -2.18. The van der Waals surface area contributed by atoms with Gasteiger partial charge in [0.25, 0.3) is 0 Å². The zero-order valence-corrected chi connectivity index (χ0v) is 15.6. The Morgan fingerprint density at radius 2 is 1.78 bits per heavy atom. The number of para-hydroxylation sites is 1. The highest BCUT2D eigenvalue weighted by atomic mass is 32.2. The van der Waals surface area contributed by atoms with Crippen LogP contribution in [0.25, 0.3) is 0 Å². The molecule has 0 aliphatic carbocycles. The fraction of sp³-hybridized carbons (Fsp3) is 0.263. The molecule has 0 bridgehead atoms. The molecule has 4 nitrogen and oxygen atoms in total. The molecule has 0 saturated heterocycles. The van der Waals surface area contributed by atoms with Gasteiger partial charge in [-0.1, -0.05) is 25.1 Å². The number of alkyl halides is 3. The van der Waals surface area contributed by atoms with Crippen molar-refractivity contribution in [3.05, 3.63) is 54.1 Å². The van der Waals surface area contributed by atoms with Gasteiger partial charge in [-0.25, -0.2) is 0 Å². The van der Waals surface area contributed by atoms with Crippen LogP contribution in [0.5, 0.6) is 0 Å². The van der Waals surface area contributed by atoms with E-state index >= 15 is 0 Å². The standard InChI is InChI=1S/C19H19F3N2O2S/c1-3-17(27-14-8-6-7-13(11-14)23-12(2)25)18(26)24-16-10-5-4-9-15(16)19(20,21)22/h4-11,17H,3H2,1-2H3,(H,23,25)(H,24,26). The fourth-order valence-corrected chi connectivity index (χ4v) is 3.40. The minimum Gasteiger partial charge on any atom is -0.326 e. The molecule has 0 aliphatic rings. The highest BCUT2D eigenvalue weighted by Crippen LogP contribution is 2.35. The van der Waals surface area contributed by atoms with Crippen molar-refractivity contribution in [3.8, 4) is 0 Å². The van der Waals surface area contributed by atoms with Gasteiger partial charge >= 0.3 is 6.18 Å². The number of halogens is 3. The lowest BCUT2D eigenvalue weighted by atomic mass is 10.1. The maximum absolute atomic E-state index is 13.1. The largest absolute Gasteiger partial charge is 0.418 e. The van der Waals surface area contributed by atoms with Crippen LogP contribution < -0.4 is 10.6 Å². The van der Waals surface area contributed by atoms with Crippen LogP contribution in [0.3, 0.4) is 0 Å². The first kappa shape index (κ1) is 20.8. The molecule has 0 saturated carbocycles. The number of thioether (sulfide) groups is 1. The Morgan fingerprint density at radius 3 is 2.41 bits per heavy atom. The minimum absolute atomic E-state index is 0.217. The van der Waals surface area contributed by atoms with Crippen LogP contribution in [0, 0.1) is 0 Å². The molecule has 1 atom stereocenters. The highest BCUT2D eigenvalue weighted by molar-refractivity contribution is 8.00. The third kappa shape index (κ3) is 6.02. The summed E-state index contributed by atoms with van der Waals surface area (Å²) in [5.41, 5.74) is -0.558. The molecular weight excluding hydrogens is 377 g/mol. The Balaban J connectivity index is 2.15. The Kier molecular flexibility index (Phi) is 6.90. The minimum atomic E-state index is -4.55. The molecule has 2 N–H and O–H groups in total. The fourth-order valence-electron chi connectivity index (χ4n) is 2.39. The second kappa shape index (κ2) is 8.94. The SMILES string of the molecule is CCC(Sc1cccc(NC(C)=O)c1)C(=O)Nc1ccccc1C(F)(F)F. The molecule has 0 spiro atoms. The van der Waals surface area contributed by atoms with Crippen LogP contribution in [-0.4, -0.2) is 17.1 Å². The molecule has 0 fully saturated rings. The number of hydrogen-bond donors (Lipinski definition) is 2. The van der Waals surface area contributed by atoms with Crippen molar-refractivity contribution in [2.45, 2.75) is 36.6 Å². The zero-order valence-electron chi connectivity index (χ0n) is 14.8. The first-order chi connectivity index (χ1) is 12.7. The first-order valence-corrected chi connectivity index (χ1v) is 9.10. The van der Waals surface area contributed by atoms with Crippen molar-refractivity contribution < 1.29 is 22.8 Å². The van der Waals surface area contributed by atoms with Crippen LogP contribution in [0.1, 0.15) is 25.8 Å². The van der Waals surface area contributed by atoms with Gasteiger partial charge < -0.3 is 10.6 Å². The summed E-state index contributed by atoms with van der Waals surface area (Å²) in [5.74, 6) is -0.727. The Bertz CT molecular complexity index is 825. The second-order valence-corrected chi connectivity index (χ2v) is 7.03. The van der Waals surface area contributed by atoms with E-state index in [1.165, 1.54) is 36.9 Å². The van der Waals surface area contributed by atoms with Gasteiger partial charge in [0, 0.05) is 17.5 Å².